The van der Waals surface area contributed by atoms with Crippen LogP contribution in [0.5, 0.6) is 0 Å². The van der Waals surface area contributed by atoms with Gasteiger partial charge in [0.05, 0.1) is 6.61 Å². The summed E-state index contributed by atoms with van der Waals surface area (Å²) < 4.78 is 33.2. The molecular weight excluding hydrogens is 390 g/mol. The van der Waals surface area contributed by atoms with Gasteiger partial charge in [0, 0.05) is 5.02 Å². The topological polar surface area (TPSA) is 69.9 Å². The van der Waals surface area contributed by atoms with E-state index in [9.17, 15) is 24.1 Å². The van der Waals surface area contributed by atoms with Crippen molar-refractivity contribution in [1.29, 1.82) is 0 Å². The number of hydrogen-bond donors (Lipinski definition) is 3. The molecule has 0 spiro atoms. The van der Waals surface area contributed by atoms with E-state index in [2.05, 4.69) is 6.92 Å². The van der Waals surface area contributed by atoms with Gasteiger partial charge < -0.3 is 20.1 Å². The Bertz CT molecular complexity index is 809. The summed E-state index contributed by atoms with van der Waals surface area (Å²) in [4.78, 5) is 0. The number of rotatable bonds is 5. The first kappa shape index (κ1) is 21.1. The quantitative estimate of drug-likeness (QED) is 0.705. The number of benzene rings is 2. The molecule has 7 heteroatoms. The van der Waals surface area contributed by atoms with Gasteiger partial charge in [0.25, 0.3) is 0 Å². The Morgan fingerprint density at radius 3 is 2.32 bits per heavy atom. The first-order chi connectivity index (χ1) is 13.3. The summed E-state index contributed by atoms with van der Waals surface area (Å²) in [6.45, 7) is 1.10. The first-order valence-electron chi connectivity index (χ1n) is 9.14. The van der Waals surface area contributed by atoms with Crippen LogP contribution in [0.1, 0.15) is 35.3 Å². The fraction of sp³-hybridized carbons (Fsp3) is 0.429. The third kappa shape index (κ3) is 4.07. The van der Waals surface area contributed by atoms with E-state index in [1.54, 1.807) is 18.2 Å². The van der Waals surface area contributed by atoms with E-state index < -0.39 is 36.9 Å². The van der Waals surface area contributed by atoms with Crippen LogP contribution in [0.3, 0.4) is 0 Å². The number of ether oxygens (including phenoxy) is 1. The highest BCUT2D eigenvalue weighted by atomic mass is 35.5. The molecule has 0 radical (unpaired) electrons. The second kappa shape index (κ2) is 8.43. The van der Waals surface area contributed by atoms with Crippen LogP contribution < -0.4 is 0 Å². The lowest BCUT2D eigenvalue weighted by Crippen LogP contribution is -2.59. The van der Waals surface area contributed by atoms with Gasteiger partial charge in [0.2, 0.25) is 0 Å². The van der Waals surface area contributed by atoms with Crippen LogP contribution in [-0.4, -0.2) is 46.2 Å². The van der Waals surface area contributed by atoms with Gasteiger partial charge in [-0.25, -0.2) is 8.78 Å². The second-order valence-corrected chi connectivity index (χ2v) is 7.44. The molecule has 0 aliphatic carbocycles. The number of hydrogen-bond acceptors (Lipinski definition) is 4. The van der Waals surface area contributed by atoms with Crippen molar-refractivity contribution in [3.05, 3.63) is 69.7 Å². The molecule has 28 heavy (non-hydrogen) atoms. The van der Waals surface area contributed by atoms with Gasteiger partial charge in [0.1, 0.15) is 24.4 Å². The predicted octanol–water partition coefficient (Wildman–Crippen LogP) is 3.28. The fourth-order valence-corrected chi connectivity index (χ4v) is 3.58. The van der Waals surface area contributed by atoms with Gasteiger partial charge in [-0.05, 0) is 41.2 Å². The maximum Gasteiger partial charge on any atom is 0.303 e. The summed E-state index contributed by atoms with van der Waals surface area (Å²) in [5, 5.41) is 29.7. The summed E-state index contributed by atoms with van der Waals surface area (Å²) in [7, 11) is 0. The minimum absolute atomic E-state index is 0.407. The zero-order valence-electron chi connectivity index (χ0n) is 15.4. The number of aliphatic hydroxyl groups is 3. The Labute approximate surface area is 167 Å². The summed E-state index contributed by atoms with van der Waals surface area (Å²) in [6.07, 6.45) is -5.84. The molecular formula is C21H23ClF2O4. The lowest BCUT2D eigenvalue weighted by molar-refractivity contribution is -0.296. The molecule has 1 saturated heterocycles. The Kier molecular flexibility index (Phi) is 6.37. The average molecular weight is 413 g/mol. The molecule has 0 amide bonds. The number of aliphatic hydroxyl groups excluding tert-OH is 3. The summed E-state index contributed by atoms with van der Waals surface area (Å²) in [5.41, 5.74) is 3.39. The van der Waals surface area contributed by atoms with Gasteiger partial charge in [-0.15, -0.1) is 0 Å². The Balaban J connectivity index is 1.87. The molecule has 4 nitrogen and oxygen atoms in total. The molecule has 2 aromatic carbocycles. The lowest BCUT2D eigenvalue weighted by Gasteiger charge is -2.42. The average Bonchev–Trinajstić information content (AvgIpc) is 2.69. The van der Waals surface area contributed by atoms with Crippen LogP contribution in [0.4, 0.5) is 8.78 Å². The number of aryl methyl sites for hydroxylation is 1. The zero-order chi connectivity index (χ0) is 20.5. The maximum absolute atomic E-state index is 14.0. The van der Waals surface area contributed by atoms with E-state index in [1.165, 1.54) is 5.56 Å². The summed E-state index contributed by atoms with van der Waals surface area (Å²) in [6, 6.07) is 12.9. The van der Waals surface area contributed by atoms with Crippen LogP contribution >= 0.6 is 11.6 Å². The Hall–Kier alpha value is -1.57. The predicted molar refractivity (Wildman–Crippen MR) is 102 cm³/mol. The van der Waals surface area contributed by atoms with Gasteiger partial charge in [-0.2, -0.15) is 0 Å². The smallest absolute Gasteiger partial charge is 0.303 e. The summed E-state index contributed by atoms with van der Waals surface area (Å²) in [5.74, 6) is -3.75. The Morgan fingerprint density at radius 2 is 1.71 bits per heavy atom. The molecule has 2 aromatic rings. The highest BCUT2D eigenvalue weighted by Gasteiger charge is 2.57. The minimum atomic E-state index is -3.75. The van der Waals surface area contributed by atoms with Crippen molar-refractivity contribution < 1.29 is 28.8 Å². The molecule has 1 fully saturated rings. The van der Waals surface area contributed by atoms with Gasteiger partial charge in [-0.3, -0.25) is 0 Å². The molecule has 3 rings (SSSR count). The maximum atomic E-state index is 14.0. The van der Waals surface area contributed by atoms with Crippen molar-refractivity contribution in [2.45, 2.75) is 50.1 Å². The van der Waals surface area contributed by atoms with E-state index in [4.69, 9.17) is 16.3 Å². The second-order valence-electron chi connectivity index (χ2n) is 7.04. The Morgan fingerprint density at radius 1 is 1.07 bits per heavy atom. The molecule has 4 atom stereocenters. The molecule has 0 unspecified atom stereocenters. The monoisotopic (exact) mass is 412 g/mol. The van der Waals surface area contributed by atoms with Crippen LogP contribution in [-0.2, 0) is 17.6 Å². The van der Waals surface area contributed by atoms with E-state index >= 15 is 0 Å². The van der Waals surface area contributed by atoms with Gasteiger partial charge in [-0.1, -0.05) is 54.9 Å². The van der Waals surface area contributed by atoms with Crippen molar-refractivity contribution >= 4 is 11.6 Å². The first-order valence-corrected chi connectivity index (χ1v) is 9.52. The lowest BCUT2D eigenvalue weighted by atomic mass is 9.89. The highest BCUT2D eigenvalue weighted by Crippen LogP contribution is 2.41. The SMILES string of the molecule is CCc1ccc(Cc2cc([C@H]3O[C@@H](CO)C(F)(F)[C@H](O)[C@H]3O)ccc2Cl)cc1. The number of alkyl halides is 2. The van der Waals surface area contributed by atoms with Crippen molar-refractivity contribution in [2.75, 3.05) is 6.61 Å². The standard InChI is InChI=1S/C21H23ClF2O4/c1-2-12-3-5-13(6-4-12)9-15-10-14(7-8-16(15)22)19-18(26)20(27)21(23,24)17(11-25)28-19/h3-8,10,17-20,25-27H,2,9,11H2,1H3/t17-,18-,19+,20+/m0/s1. The third-order valence-corrected chi connectivity index (χ3v) is 5.53. The van der Waals surface area contributed by atoms with E-state index in [0.29, 0.717) is 17.0 Å². The zero-order valence-corrected chi connectivity index (χ0v) is 16.1. The largest absolute Gasteiger partial charge is 0.393 e. The minimum Gasteiger partial charge on any atom is -0.393 e. The van der Waals surface area contributed by atoms with Crippen molar-refractivity contribution in [1.82, 2.24) is 0 Å². The van der Waals surface area contributed by atoms with Gasteiger partial charge in [0.15, 0.2) is 0 Å². The van der Waals surface area contributed by atoms with Crippen LogP contribution in [0.25, 0.3) is 0 Å². The summed E-state index contributed by atoms with van der Waals surface area (Å²) >= 11 is 6.30. The molecule has 1 aliphatic heterocycles. The fourth-order valence-electron chi connectivity index (χ4n) is 3.39. The van der Waals surface area contributed by atoms with E-state index in [-0.39, 0.29) is 0 Å². The van der Waals surface area contributed by atoms with Gasteiger partial charge >= 0.3 is 5.92 Å². The van der Waals surface area contributed by atoms with Crippen LogP contribution in [0.15, 0.2) is 42.5 Å². The molecule has 1 heterocycles. The van der Waals surface area contributed by atoms with Crippen molar-refractivity contribution in [2.24, 2.45) is 0 Å². The molecule has 152 valence electrons. The third-order valence-electron chi connectivity index (χ3n) is 5.16. The highest BCUT2D eigenvalue weighted by molar-refractivity contribution is 6.31. The van der Waals surface area contributed by atoms with Crippen LogP contribution in [0, 0.1) is 0 Å². The molecule has 3 N–H and O–H groups in total. The van der Waals surface area contributed by atoms with E-state index in [1.807, 2.05) is 24.3 Å². The van der Waals surface area contributed by atoms with E-state index in [0.717, 1.165) is 17.5 Å². The molecule has 0 saturated carbocycles. The molecule has 0 bridgehead atoms. The number of halogens is 3. The van der Waals surface area contributed by atoms with Crippen LogP contribution in [0.2, 0.25) is 5.02 Å². The van der Waals surface area contributed by atoms with Crippen molar-refractivity contribution in [3.8, 4) is 0 Å². The molecule has 0 aromatic heterocycles. The normalized spacial score (nSPS) is 27.0. The van der Waals surface area contributed by atoms with Crippen molar-refractivity contribution in [3.63, 3.8) is 0 Å². The molecule has 1 aliphatic rings.